The van der Waals surface area contributed by atoms with Crippen molar-refractivity contribution in [3.63, 3.8) is 0 Å². The van der Waals surface area contributed by atoms with E-state index in [0.29, 0.717) is 6.04 Å². The van der Waals surface area contributed by atoms with Crippen molar-refractivity contribution in [1.29, 1.82) is 0 Å². The summed E-state index contributed by atoms with van der Waals surface area (Å²) in [5, 5.41) is 4.63. The summed E-state index contributed by atoms with van der Waals surface area (Å²) in [5.41, 5.74) is 3.01. The highest BCUT2D eigenvalue weighted by Gasteiger charge is 2.12. The predicted octanol–water partition coefficient (Wildman–Crippen LogP) is 3.07. The highest BCUT2D eigenvalue weighted by Crippen LogP contribution is 2.24. The van der Waals surface area contributed by atoms with Crippen LogP contribution < -0.4 is 5.32 Å². The molecular formula is C11H15N3S2. The van der Waals surface area contributed by atoms with Crippen LogP contribution in [-0.2, 0) is 6.54 Å². The average Bonchev–Trinajstić information content (AvgIpc) is 2.84. The van der Waals surface area contributed by atoms with Crippen LogP contribution in [0.2, 0.25) is 0 Å². The van der Waals surface area contributed by atoms with Crippen molar-refractivity contribution in [3.05, 3.63) is 32.2 Å². The normalized spacial score (nSPS) is 12.9. The summed E-state index contributed by atoms with van der Waals surface area (Å²) in [5.74, 6) is 0. The summed E-state index contributed by atoms with van der Waals surface area (Å²) in [6, 6.07) is 0.355. The second-order valence-electron chi connectivity index (χ2n) is 3.75. The van der Waals surface area contributed by atoms with Crippen LogP contribution >= 0.6 is 22.7 Å². The molecule has 0 saturated carbocycles. The van der Waals surface area contributed by atoms with Gasteiger partial charge >= 0.3 is 0 Å². The van der Waals surface area contributed by atoms with Gasteiger partial charge in [-0.1, -0.05) is 0 Å². The second-order valence-corrected chi connectivity index (χ2v) is 5.96. The first-order valence-corrected chi connectivity index (χ1v) is 6.91. The van der Waals surface area contributed by atoms with Crippen molar-refractivity contribution in [2.75, 3.05) is 0 Å². The smallest absolute Gasteiger partial charge is 0.0900 e. The average molecular weight is 253 g/mol. The SMILES string of the molecule is Cc1nc(C)c(C(C)NCc2cncs2)s1. The molecule has 0 spiro atoms. The number of aryl methyl sites for hydroxylation is 2. The molecule has 2 aromatic heterocycles. The lowest BCUT2D eigenvalue weighted by atomic mass is 10.2. The van der Waals surface area contributed by atoms with E-state index in [1.165, 1.54) is 9.75 Å². The highest BCUT2D eigenvalue weighted by atomic mass is 32.1. The number of hydrogen-bond acceptors (Lipinski definition) is 5. The molecule has 0 bridgehead atoms. The van der Waals surface area contributed by atoms with Crippen molar-refractivity contribution < 1.29 is 0 Å². The largest absolute Gasteiger partial charge is 0.304 e. The Kier molecular flexibility index (Phi) is 3.68. The Morgan fingerprint density at radius 1 is 1.44 bits per heavy atom. The van der Waals surface area contributed by atoms with Gasteiger partial charge in [-0.05, 0) is 20.8 Å². The van der Waals surface area contributed by atoms with Crippen LogP contribution in [0.25, 0.3) is 0 Å². The van der Waals surface area contributed by atoms with Crippen molar-refractivity contribution in [3.8, 4) is 0 Å². The molecule has 1 unspecified atom stereocenters. The Labute approximate surface area is 104 Å². The van der Waals surface area contributed by atoms with E-state index >= 15 is 0 Å². The quantitative estimate of drug-likeness (QED) is 0.910. The zero-order chi connectivity index (χ0) is 11.5. The molecule has 3 nitrogen and oxygen atoms in total. The lowest BCUT2D eigenvalue weighted by Gasteiger charge is -2.11. The fourth-order valence-electron chi connectivity index (χ4n) is 1.62. The summed E-state index contributed by atoms with van der Waals surface area (Å²) < 4.78 is 0. The Balaban J connectivity index is 1.98. The number of nitrogens with one attached hydrogen (secondary N) is 1. The van der Waals surface area contributed by atoms with Gasteiger partial charge in [0.15, 0.2) is 0 Å². The van der Waals surface area contributed by atoms with Crippen molar-refractivity contribution in [2.45, 2.75) is 33.4 Å². The van der Waals surface area contributed by atoms with E-state index in [1.54, 1.807) is 22.7 Å². The van der Waals surface area contributed by atoms with Gasteiger partial charge < -0.3 is 5.32 Å². The molecule has 0 aliphatic carbocycles. The molecule has 86 valence electrons. The van der Waals surface area contributed by atoms with E-state index in [1.807, 2.05) is 11.7 Å². The number of nitrogens with zero attached hydrogens (tertiary/aromatic N) is 2. The molecule has 5 heteroatoms. The van der Waals surface area contributed by atoms with Gasteiger partial charge in [-0.25, -0.2) is 4.98 Å². The maximum absolute atomic E-state index is 4.45. The molecular weight excluding hydrogens is 238 g/mol. The molecule has 1 atom stereocenters. The van der Waals surface area contributed by atoms with Gasteiger partial charge in [0, 0.05) is 28.5 Å². The number of hydrogen-bond donors (Lipinski definition) is 1. The van der Waals surface area contributed by atoms with Gasteiger partial charge in [0.1, 0.15) is 0 Å². The third-order valence-electron chi connectivity index (χ3n) is 2.40. The molecule has 0 fully saturated rings. The van der Waals surface area contributed by atoms with Crippen LogP contribution in [0.3, 0.4) is 0 Å². The molecule has 2 aromatic rings. The molecule has 0 aromatic carbocycles. The fourth-order valence-corrected chi connectivity index (χ4v) is 3.12. The molecule has 0 aliphatic rings. The van der Waals surface area contributed by atoms with Crippen LogP contribution in [-0.4, -0.2) is 9.97 Å². The first kappa shape index (κ1) is 11.7. The van der Waals surface area contributed by atoms with Crippen LogP contribution in [0, 0.1) is 13.8 Å². The second kappa shape index (κ2) is 5.03. The van der Waals surface area contributed by atoms with E-state index in [9.17, 15) is 0 Å². The van der Waals surface area contributed by atoms with Crippen molar-refractivity contribution in [2.24, 2.45) is 0 Å². The molecule has 0 saturated heterocycles. The van der Waals surface area contributed by atoms with Crippen molar-refractivity contribution >= 4 is 22.7 Å². The minimum Gasteiger partial charge on any atom is -0.304 e. The van der Waals surface area contributed by atoms with Crippen LogP contribution in [0.15, 0.2) is 11.7 Å². The number of thiazole rings is 2. The minimum atomic E-state index is 0.355. The standard InChI is InChI=1S/C11H15N3S2/c1-7(11-8(2)14-9(3)16-11)13-5-10-4-12-6-15-10/h4,6-7,13H,5H2,1-3H3. The summed E-state index contributed by atoms with van der Waals surface area (Å²) in [6.45, 7) is 7.18. The zero-order valence-corrected chi connectivity index (χ0v) is 11.3. The molecule has 0 radical (unpaired) electrons. The summed E-state index contributed by atoms with van der Waals surface area (Å²) >= 11 is 3.46. The number of aromatic nitrogens is 2. The van der Waals surface area contributed by atoms with Gasteiger partial charge in [0.2, 0.25) is 0 Å². The predicted molar refractivity (Wildman–Crippen MR) is 69.0 cm³/mol. The van der Waals surface area contributed by atoms with Crippen LogP contribution in [0.4, 0.5) is 0 Å². The van der Waals surface area contributed by atoms with E-state index in [0.717, 1.165) is 17.2 Å². The fraction of sp³-hybridized carbons (Fsp3) is 0.455. The van der Waals surface area contributed by atoms with E-state index in [2.05, 4.69) is 36.1 Å². The first-order valence-electron chi connectivity index (χ1n) is 5.21. The third-order valence-corrected chi connectivity index (χ3v) is 4.43. The Morgan fingerprint density at radius 3 is 2.81 bits per heavy atom. The molecule has 0 aliphatic heterocycles. The lowest BCUT2D eigenvalue weighted by Crippen LogP contribution is -2.17. The molecule has 2 heterocycles. The number of rotatable bonds is 4. The minimum absolute atomic E-state index is 0.355. The van der Waals surface area contributed by atoms with Gasteiger partial charge in [0.25, 0.3) is 0 Å². The maximum atomic E-state index is 4.45. The van der Waals surface area contributed by atoms with Gasteiger partial charge in [-0.3, -0.25) is 4.98 Å². The third kappa shape index (κ3) is 2.66. The Hall–Kier alpha value is -0.780. The highest BCUT2D eigenvalue weighted by molar-refractivity contribution is 7.11. The summed E-state index contributed by atoms with van der Waals surface area (Å²) in [4.78, 5) is 11.1. The Morgan fingerprint density at radius 2 is 2.25 bits per heavy atom. The summed E-state index contributed by atoms with van der Waals surface area (Å²) in [6.07, 6.45) is 1.91. The van der Waals surface area contributed by atoms with Crippen LogP contribution in [0.5, 0.6) is 0 Å². The van der Waals surface area contributed by atoms with Crippen LogP contribution in [0.1, 0.15) is 33.4 Å². The van der Waals surface area contributed by atoms with Crippen molar-refractivity contribution in [1.82, 2.24) is 15.3 Å². The lowest BCUT2D eigenvalue weighted by molar-refractivity contribution is 0.583. The molecule has 1 N–H and O–H groups in total. The Bertz CT molecular complexity index is 448. The first-order chi connectivity index (χ1) is 7.66. The van der Waals surface area contributed by atoms with E-state index < -0.39 is 0 Å². The van der Waals surface area contributed by atoms with E-state index in [-0.39, 0.29) is 0 Å². The van der Waals surface area contributed by atoms with E-state index in [4.69, 9.17) is 0 Å². The van der Waals surface area contributed by atoms with Gasteiger partial charge in [0.05, 0.1) is 16.2 Å². The molecule has 0 amide bonds. The summed E-state index contributed by atoms with van der Waals surface area (Å²) in [7, 11) is 0. The monoisotopic (exact) mass is 253 g/mol. The maximum Gasteiger partial charge on any atom is 0.0900 e. The molecule has 2 rings (SSSR count). The zero-order valence-electron chi connectivity index (χ0n) is 9.65. The molecule has 16 heavy (non-hydrogen) atoms. The van der Waals surface area contributed by atoms with Gasteiger partial charge in [-0.15, -0.1) is 22.7 Å². The van der Waals surface area contributed by atoms with Gasteiger partial charge in [-0.2, -0.15) is 0 Å². The topological polar surface area (TPSA) is 37.8 Å².